The molecule has 1 aromatic heterocycles. The van der Waals surface area contributed by atoms with Gasteiger partial charge in [-0.05, 0) is 29.8 Å². The molecule has 0 fully saturated rings. The molecule has 20 heavy (non-hydrogen) atoms. The molecule has 0 unspecified atom stereocenters. The minimum Gasteiger partial charge on any atom is -0.326 e. The number of aromatic amines is 1. The molecule has 0 saturated heterocycles. The number of nitrogens with one attached hydrogen (secondary N) is 3. The van der Waals surface area contributed by atoms with Crippen molar-refractivity contribution in [3.8, 4) is 0 Å². The molecule has 0 aliphatic carbocycles. The minimum absolute atomic E-state index is 0.125. The summed E-state index contributed by atoms with van der Waals surface area (Å²) in [6.45, 7) is 0.136. The summed E-state index contributed by atoms with van der Waals surface area (Å²) in [5.74, 6) is -0.125. The Labute approximate surface area is 115 Å². The maximum atomic E-state index is 12.2. The summed E-state index contributed by atoms with van der Waals surface area (Å²) in [6.07, 6.45) is 1.76. The van der Waals surface area contributed by atoms with Gasteiger partial charge in [0.2, 0.25) is 15.9 Å². The molecule has 1 aliphatic heterocycles. The molecule has 3 rings (SSSR count). The lowest BCUT2D eigenvalue weighted by molar-refractivity contribution is -0.115. The van der Waals surface area contributed by atoms with E-state index in [0.717, 1.165) is 0 Å². The van der Waals surface area contributed by atoms with Crippen molar-refractivity contribution in [2.75, 3.05) is 5.32 Å². The van der Waals surface area contributed by atoms with Crippen molar-refractivity contribution in [2.24, 2.45) is 0 Å². The van der Waals surface area contributed by atoms with E-state index >= 15 is 0 Å². The summed E-state index contributed by atoms with van der Waals surface area (Å²) in [4.78, 5) is 11.4. The molecular weight excluding hydrogens is 280 g/mol. The molecule has 0 bridgehead atoms. The van der Waals surface area contributed by atoms with Gasteiger partial charge >= 0.3 is 0 Å². The number of carbonyl (C=O) groups is 1. The van der Waals surface area contributed by atoms with Gasteiger partial charge in [-0.25, -0.2) is 13.1 Å². The number of aromatic nitrogens is 2. The monoisotopic (exact) mass is 292 g/mol. The Balaban J connectivity index is 1.81. The van der Waals surface area contributed by atoms with E-state index in [-0.39, 0.29) is 23.8 Å². The van der Waals surface area contributed by atoms with Crippen molar-refractivity contribution in [1.29, 1.82) is 0 Å². The second-order valence-corrected chi connectivity index (χ2v) is 6.22. The first-order valence-electron chi connectivity index (χ1n) is 5.95. The van der Waals surface area contributed by atoms with Crippen LogP contribution in [-0.2, 0) is 27.8 Å². The molecule has 0 radical (unpaired) electrons. The largest absolute Gasteiger partial charge is 0.326 e. The van der Waals surface area contributed by atoms with E-state index in [1.54, 1.807) is 18.3 Å². The van der Waals surface area contributed by atoms with Gasteiger partial charge in [-0.15, -0.1) is 0 Å². The fourth-order valence-electron chi connectivity index (χ4n) is 2.01. The third-order valence-electron chi connectivity index (χ3n) is 3.02. The van der Waals surface area contributed by atoms with Crippen molar-refractivity contribution < 1.29 is 13.2 Å². The second-order valence-electron chi connectivity index (χ2n) is 4.45. The molecule has 8 heteroatoms. The van der Waals surface area contributed by atoms with E-state index in [1.807, 2.05) is 0 Å². The fourth-order valence-corrected chi connectivity index (χ4v) is 3.07. The first-order chi connectivity index (χ1) is 9.54. The van der Waals surface area contributed by atoms with Gasteiger partial charge in [-0.1, -0.05) is 0 Å². The quantitative estimate of drug-likeness (QED) is 0.758. The van der Waals surface area contributed by atoms with E-state index in [1.165, 1.54) is 12.1 Å². The predicted molar refractivity (Wildman–Crippen MR) is 71.4 cm³/mol. The molecule has 1 aliphatic rings. The van der Waals surface area contributed by atoms with Crippen LogP contribution in [-0.4, -0.2) is 24.5 Å². The molecule has 2 heterocycles. The van der Waals surface area contributed by atoms with Crippen LogP contribution >= 0.6 is 0 Å². The lowest BCUT2D eigenvalue weighted by atomic mass is 10.2. The van der Waals surface area contributed by atoms with Crippen LogP contribution in [0.15, 0.2) is 35.4 Å². The zero-order valence-electron chi connectivity index (χ0n) is 10.4. The van der Waals surface area contributed by atoms with E-state index in [2.05, 4.69) is 20.2 Å². The number of sulfonamides is 1. The van der Waals surface area contributed by atoms with Crippen molar-refractivity contribution >= 4 is 21.6 Å². The third kappa shape index (κ3) is 2.43. The molecule has 1 amide bonds. The Bertz CT molecular complexity index is 753. The maximum absolute atomic E-state index is 12.2. The summed E-state index contributed by atoms with van der Waals surface area (Å²) >= 11 is 0. The maximum Gasteiger partial charge on any atom is 0.240 e. The highest BCUT2D eigenvalue weighted by molar-refractivity contribution is 7.89. The molecule has 7 nitrogen and oxygen atoms in total. The number of hydrogen-bond donors (Lipinski definition) is 3. The number of amides is 1. The van der Waals surface area contributed by atoms with Gasteiger partial charge in [-0.2, -0.15) is 5.10 Å². The molecule has 0 atom stereocenters. The highest BCUT2D eigenvalue weighted by Crippen LogP contribution is 2.25. The second kappa shape index (κ2) is 4.73. The number of carbonyl (C=O) groups excluding carboxylic acids is 1. The van der Waals surface area contributed by atoms with Crippen LogP contribution in [0.2, 0.25) is 0 Å². The number of benzene rings is 1. The highest BCUT2D eigenvalue weighted by atomic mass is 32.2. The van der Waals surface area contributed by atoms with Crippen LogP contribution in [0.25, 0.3) is 0 Å². The first kappa shape index (κ1) is 12.8. The lowest BCUT2D eigenvalue weighted by Crippen LogP contribution is -2.23. The van der Waals surface area contributed by atoms with Gasteiger partial charge in [0, 0.05) is 11.9 Å². The summed E-state index contributed by atoms with van der Waals surface area (Å²) in [5.41, 5.74) is 2.04. The van der Waals surface area contributed by atoms with Crippen molar-refractivity contribution in [2.45, 2.75) is 17.9 Å². The van der Waals surface area contributed by atoms with Crippen LogP contribution in [0.1, 0.15) is 11.3 Å². The molecule has 1 aromatic carbocycles. The Morgan fingerprint density at radius 2 is 2.15 bits per heavy atom. The number of H-pyrrole nitrogens is 1. The van der Waals surface area contributed by atoms with Crippen LogP contribution in [0.4, 0.5) is 5.69 Å². The first-order valence-corrected chi connectivity index (χ1v) is 7.43. The SMILES string of the molecule is O=C1Cc2cc(S(=O)(=O)NCc3ccn[nH]3)ccc2N1. The van der Waals surface area contributed by atoms with Gasteiger partial charge in [0.15, 0.2) is 0 Å². The summed E-state index contributed by atoms with van der Waals surface area (Å²) < 4.78 is 26.8. The van der Waals surface area contributed by atoms with Gasteiger partial charge in [-0.3, -0.25) is 9.89 Å². The normalized spacial score (nSPS) is 14.1. The van der Waals surface area contributed by atoms with Crippen LogP contribution in [0.3, 0.4) is 0 Å². The average molecular weight is 292 g/mol. The van der Waals surface area contributed by atoms with Crippen molar-refractivity contribution in [3.05, 3.63) is 41.7 Å². The topological polar surface area (TPSA) is 104 Å². The molecule has 0 spiro atoms. The van der Waals surface area contributed by atoms with E-state index in [9.17, 15) is 13.2 Å². The number of rotatable bonds is 4. The van der Waals surface area contributed by atoms with Crippen molar-refractivity contribution in [1.82, 2.24) is 14.9 Å². The van der Waals surface area contributed by atoms with Crippen LogP contribution in [0, 0.1) is 0 Å². The van der Waals surface area contributed by atoms with Gasteiger partial charge in [0.1, 0.15) is 0 Å². The number of hydrogen-bond acceptors (Lipinski definition) is 4. The molecular formula is C12H12N4O3S. The van der Waals surface area contributed by atoms with Crippen LogP contribution < -0.4 is 10.0 Å². The summed E-state index contributed by atoms with van der Waals surface area (Å²) in [7, 11) is -3.61. The molecule has 0 saturated carbocycles. The number of nitrogens with zero attached hydrogens (tertiary/aromatic N) is 1. The number of anilines is 1. The molecule has 3 N–H and O–H groups in total. The van der Waals surface area contributed by atoms with E-state index < -0.39 is 10.0 Å². The highest BCUT2D eigenvalue weighted by Gasteiger charge is 2.21. The smallest absolute Gasteiger partial charge is 0.240 e. The third-order valence-corrected chi connectivity index (χ3v) is 4.42. The average Bonchev–Trinajstić information content (AvgIpc) is 3.03. The van der Waals surface area contributed by atoms with E-state index in [4.69, 9.17) is 0 Å². The van der Waals surface area contributed by atoms with Gasteiger partial charge < -0.3 is 5.32 Å². The Morgan fingerprint density at radius 1 is 1.30 bits per heavy atom. The summed E-state index contributed by atoms with van der Waals surface area (Å²) in [6, 6.07) is 6.28. The van der Waals surface area contributed by atoms with Gasteiger partial charge in [0.25, 0.3) is 0 Å². The van der Waals surface area contributed by atoms with Crippen LogP contribution in [0.5, 0.6) is 0 Å². The molecule has 2 aromatic rings. The zero-order chi connectivity index (χ0) is 14.2. The lowest BCUT2D eigenvalue weighted by Gasteiger charge is -2.07. The number of fused-ring (bicyclic) bond motifs is 1. The fraction of sp³-hybridized carbons (Fsp3) is 0.167. The predicted octanol–water partition coefficient (Wildman–Crippen LogP) is 0.383. The van der Waals surface area contributed by atoms with Gasteiger partial charge in [0.05, 0.1) is 23.6 Å². The molecule has 104 valence electrons. The summed E-state index contributed by atoms with van der Waals surface area (Å²) in [5, 5.41) is 9.09. The Morgan fingerprint density at radius 3 is 2.90 bits per heavy atom. The van der Waals surface area contributed by atoms with E-state index in [0.29, 0.717) is 16.9 Å². The zero-order valence-corrected chi connectivity index (χ0v) is 11.2. The standard InChI is InChI=1S/C12H12N4O3S/c17-12-6-8-5-10(1-2-11(8)15-12)20(18,19)14-7-9-3-4-13-16-9/h1-5,14H,6-7H2,(H,13,16)(H,15,17). The van der Waals surface area contributed by atoms with Crippen molar-refractivity contribution in [3.63, 3.8) is 0 Å². The Kier molecular flexibility index (Phi) is 3.03. The Hall–Kier alpha value is -2.19. The minimum atomic E-state index is -3.61.